The first-order valence-corrected chi connectivity index (χ1v) is 14.6. The van der Waals surface area contributed by atoms with Gasteiger partial charge in [0.1, 0.15) is 17.5 Å². The Bertz CT molecular complexity index is 1560. The molecule has 9 heteroatoms. The van der Waals surface area contributed by atoms with E-state index in [4.69, 9.17) is 4.74 Å². The van der Waals surface area contributed by atoms with Gasteiger partial charge in [-0.2, -0.15) is 0 Å². The summed E-state index contributed by atoms with van der Waals surface area (Å²) in [6.45, 7) is 3.36. The normalized spacial score (nSPS) is 12.6. The summed E-state index contributed by atoms with van der Waals surface area (Å²) in [4.78, 5) is 26.4. The van der Waals surface area contributed by atoms with E-state index in [9.17, 15) is 18.0 Å². The Morgan fingerprint density at radius 3 is 1.93 bits per heavy atom. The number of amides is 2. The molecule has 0 aromatic heterocycles. The van der Waals surface area contributed by atoms with Crippen LogP contribution in [0.1, 0.15) is 35.8 Å². The van der Waals surface area contributed by atoms with Crippen LogP contribution in [-0.4, -0.2) is 32.5 Å². The lowest BCUT2D eigenvalue weighted by Gasteiger charge is -2.28. The van der Waals surface area contributed by atoms with Crippen LogP contribution in [0.5, 0.6) is 11.5 Å². The van der Waals surface area contributed by atoms with Gasteiger partial charge in [-0.15, -0.1) is 0 Å². The summed E-state index contributed by atoms with van der Waals surface area (Å²) in [5.74, 6) is 0.203. The van der Waals surface area contributed by atoms with Gasteiger partial charge in [-0.1, -0.05) is 60.7 Å². The smallest absolute Gasteiger partial charge is 0.253 e. The third kappa shape index (κ3) is 7.06. The Morgan fingerprint density at radius 1 is 0.750 bits per heavy atom. The molecule has 4 rings (SSSR count). The van der Waals surface area contributed by atoms with E-state index in [0.717, 1.165) is 16.1 Å². The van der Waals surface area contributed by atoms with Gasteiger partial charge in [0, 0.05) is 0 Å². The second-order valence-corrected chi connectivity index (χ2v) is 11.1. The highest BCUT2D eigenvalue weighted by Crippen LogP contribution is 2.27. The number of carbonyl (C=O) groups is 2. The van der Waals surface area contributed by atoms with Crippen molar-refractivity contribution in [3.63, 3.8) is 0 Å². The molecule has 0 aliphatic heterocycles. The van der Waals surface area contributed by atoms with E-state index >= 15 is 0 Å². The van der Waals surface area contributed by atoms with Crippen LogP contribution >= 0.6 is 0 Å². The molecule has 2 amide bonds. The van der Waals surface area contributed by atoms with Crippen LogP contribution in [0.4, 0.5) is 11.4 Å². The molecule has 4 aromatic carbocycles. The fourth-order valence-corrected chi connectivity index (χ4v) is 5.40. The van der Waals surface area contributed by atoms with E-state index in [1.54, 1.807) is 48.5 Å². The minimum atomic E-state index is -3.85. The van der Waals surface area contributed by atoms with Crippen LogP contribution in [0.15, 0.2) is 109 Å². The Labute approximate surface area is 234 Å². The molecular formula is C31H31N3O5S. The second-order valence-electron chi connectivity index (χ2n) is 9.28. The third-order valence-electron chi connectivity index (χ3n) is 6.24. The van der Waals surface area contributed by atoms with E-state index in [2.05, 4.69) is 10.6 Å². The van der Waals surface area contributed by atoms with Crippen molar-refractivity contribution in [1.82, 2.24) is 5.32 Å². The van der Waals surface area contributed by atoms with Gasteiger partial charge in [0.2, 0.25) is 15.9 Å². The molecule has 0 aliphatic carbocycles. The maximum atomic E-state index is 13.3. The highest BCUT2D eigenvalue weighted by Gasteiger charge is 2.30. The van der Waals surface area contributed by atoms with Crippen LogP contribution in [0.3, 0.4) is 0 Å². The highest BCUT2D eigenvalue weighted by atomic mass is 32.2. The number of nitrogens with one attached hydrogen (secondary N) is 2. The molecular weight excluding hydrogens is 526 g/mol. The number of hydrogen-bond acceptors (Lipinski definition) is 5. The molecule has 0 heterocycles. The first-order chi connectivity index (χ1) is 19.1. The number of carbonyl (C=O) groups excluding carboxylic acids is 2. The first kappa shape index (κ1) is 28.4. The Hall–Kier alpha value is -4.63. The number of para-hydroxylation sites is 2. The average molecular weight is 558 g/mol. The van der Waals surface area contributed by atoms with Crippen molar-refractivity contribution in [3.8, 4) is 11.5 Å². The summed E-state index contributed by atoms with van der Waals surface area (Å²) in [6.07, 6.45) is 1.04. The number of hydrogen-bond donors (Lipinski definition) is 2. The first-order valence-electron chi connectivity index (χ1n) is 12.7. The molecule has 0 saturated carbocycles. The van der Waals surface area contributed by atoms with Crippen molar-refractivity contribution < 1.29 is 22.7 Å². The maximum absolute atomic E-state index is 13.3. The molecule has 0 fully saturated rings. The lowest BCUT2D eigenvalue weighted by atomic mass is 10.1. The van der Waals surface area contributed by atoms with Gasteiger partial charge in [0.15, 0.2) is 0 Å². The summed E-state index contributed by atoms with van der Waals surface area (Å²) < 4.78 is 32.4. The van der Waals surface area contributed by atoms with Gasteiger partial charge in [0.25, 0.3) is 5.91 Å². The topological polar surface area (TPSA) is 105 Å². The van der Waals surface area contributed by atoms with Crippen molar-refractivity contribution in [3.05, 3.63) is 120 Å². The van der Waals surface area contributed by atoms with Crippen LogP contribution in [0.25, 0.3) is 0 Å². The van der Waals surface area contributed by atoms with Crippen molar-refractivity contribution in [2.75, 3.05) is 15.9 Å². The van der Waals surface area contributed by atoms with E-state index in [0.29, 0.717) is 17.2 Å². The van der Waals surface area contributed by atoms with E-state index < -0.39 is 22.0 Å². The number of sulfonamides is 1. The van der Waals surface area contributed by atoms with Crippen LogP contribution in [0, 0.1) is 0 Å². The maximum Gasteiger partial charge on any atom is 0.253 e. The fourth-order valence-electron chi connectivity index (χ4n) is 4.22. The van der Waals surface area contributed by atoms with Gasteiger partial charge in [-0.05, 0) is 67.9 Å². The zero-order valence-corrected chi connectivity index (χ0v) is 23.3. The van der Waals surface area contributed by atoms with E-state index in [1.807, 2.05) is 67.6 Å². The van der Waals surface area contributed by atoms with Crippen molar-refractivity contribution >= 4 is 33.2 Å². The molecule has 8 nitrogen and oxygen atoms in total. The minimum Gasteiger partial charge on any atom is -0.457 e. The van der Waals surface area contributed by atoms with Crippen molar-refractivity contribution in [2.45, 2.75) is 25.9 Å². The van der Waals surface area contributed by atoms with Crippen molar-refractivity contribution in [2.24, 2.45) is 0 Å². The summed E-state index contributed by atoms with van der Waals surface area (Å²) in [7, 11) is -3.85. The van der Waals surface area contributed by atoms with Gasteiger partial charge >= 0.3 is 0 Å². The predicted octanol–water partition coefficient (Wildman–Crippen LogP) is 5.76. The molecule has 0 aliphatic rings. The molecule has 0 radical (unpaired) electrons. The lowest BCUT2D eigenvalue weighted by molar-refractivity contribution is -0.116. The Balaban J connectivity index is 1.51. The van der Waals surface area contributed by atoms with Gasteiger partial charge in [-0.25, -0.2) is 8.42 Å². The SMILES string of the molecule is C[C@H](NC(=O)c1ccccc1NC(=O)[C@@H](C)N(c1ccc(Oc2ccccc2)cc1)S(C)(=O)=O)c1ccccc1. The highest BCUT2D eigenvalue weighted by molar-refractivity contribution is 7.92. The number of nitrogens with zero attached hydrogens (tertiary/aromatic N) is 1. The van der Waals surface area contributed by atoms with Crippen LogP contribution in [0.2, 0.25) is 0 Å². The minimum absolute atomic E-state index is 0.258. The fraction of sp³-hybridized carbons (Fsp3) is 0.161. The molecule has 2 N–H and O–H groups in total. The lowest BCUT2D eigenvalue weighted by Crippen LogP contribution is -2.45. The molecule has 40 heavy (non-hydrogen) atoms. The van der Waals surface area contributed by atoms with E-state index in [1.165, 1.54) is 6.92 Å². The van der Waals surface area contributed by atoms with Crippen LogP contribution in [-0.2, 0) is 14.8 Å². The number of ether oxygens (including phenoxy) is 1. The molecule has 4 aromatic rings. The zero-order chi connectivity index (χ0) is 28.7. The standard InChI is InChI=1S/C31H31N3O5S/c1-22(24-12-6-4-7-13-24)32-31(36)28-16-10-11-17-29(28)33-30(35)23(2)34(40(3,37)38)25-18-20-27(21-19-25)39-26-14-8-5-9-15-26/h4-23H,1-3H3,(H,32,36)(H,33,35)/t22-,23+/m0/s1. The molecule has 0 saturated heterocycles. The average Bonchev–Trinajstić information content (AvgIpc) is 2.94. The van der Waals surface area contributed by atoms with Crippen molar-refractivity contribution in [1.29, 1.82) is 0 Å². The number of benzene rings is 4. The summed E-state index contributed by atoms with van der Waals surface area (Å²) in [5, 5.41) is 5.68. The van der Waals surface area contributed by atoms with Gasteiger partial charge < -0.3 is 15.4 Å². The molecule has 206 valence electrons. The van der Waals surface area contributed by atoms with Crippen LogP contribution < -0.4 is 19.7 Å². The van der Waals surface area contributed by atoms with Gasteiger partial charge in [-0.3, -0.25) is 13.9 Å². The molecule has 0 unspecified atom stereocenters. The number of rotatable bonds is 10. The zero-order valence-electron chi connectivity index (χ0n) is 22.4. The largest absolute Gasteiger partial charge is 0.457 e. The predicted molar refractivity (Wildman–Crippen MR) is 157 cm³/mol. The molecule has 0 bridgehead atoms. The Kier molecular flexibility index (Phi) is 8.86. The number of anilines is 2. The summed E-state index contributed by atoms with van der Waals surface area (Å²) >= 11 is 0. The van der Waals surface area contributed by atoms with Gasteiger partial charge in [0.05, 0.1) is 29.2 Å². The summed E-state index contributed by atoms with van der Waals surface area (Å²) in [6, 6.07) is 30.4. The molecule has 2 atom stereocenters. The third-order valence-corrected chi connectivity index (χ3v) is 7.48. The monoisotopic (exact) mass is 557 g/mol. The Morgan fingerprint density at radius 2 is 1.30 bits per heavy atom. The quantitative estimate of drug-likeness (QED) is 0.258. The molecule has 0 spiro atoms. The summed E-state index contributed by atoms with van der Waals surface area (Å²) in [5.41, 5.74) is 1.78. The second kappa shape index (κ2) is 12.5. The van der Waals surface area contributed by atoms with E-state index in [-0.39, 0.29) is 23.2 Å².